The summed E-state index contributed by atoms with van der Waals surface area (Å²) in [6.07, 6.45) is 0. The van der Waals surface area contributed by atoms with E-state index in [1.165, 1.54) is 5.69 Å². The van der Waals surface area contributed by atoms with E-state index >= 15 is 0 Å². The predicted molar refractivity (Wildman–Crippen MR) is 111 cm³/mol. The van der Waals surface area contributed by atoms with Gasteiger partial charge in [0.05, 0.1) is 17.0 Å². The minimum atomic E-state index is 0.187. The van der Waals surface area contributed by atoms with Crippen molar-refractivity contribution in [2.45, 2.75) is 0 Å². The zero-order chi connectivity index (χ0) is 19.1. The van der Waals surface area contributed by atoms with Crippen LogP contribution in [0.4, 0.5) is 5.69 Å². The van der Waals surface area contributed by atoms with E-state index in [9.17, 15) is 4.79 Å². The lowest BCUT2D eigenvalue weighted by atomic mass is 10.0. The number of nitrogens with zero attached hydrogens (tertiary/aromatic N) is 4. The topological polar surface area (TPSA) is 53.4 Å². The smallest absolute Gasteiger partial charge is 0.228 e. The number of carbonyl (C=O) groups excluding carboxylic acids is 1. The van der Waals surface area contributed by atoms with E-state index in [-0.39, 0.29) is 5.92 Å². The second-order valence-corrected chi connectivity index (χ2v) is 7.70. The highest BCUT2D eigenvalue weighted by atomic mass is 16.2. The first kappa shape index (κ1) is 17.3. The number of piperazine rings is 1. The van der Waals surface area contributed by atoms with Crippen molar-refractivity contribution in [3.63, 3.8) is 0 Å². The molecule has 2 fully saturated rings. The molecule has 6 heteroatoms. The van der Waals surface area contributed by atoms with Gasteiger partial charge in [-0.2, -0.15) is 0 Å². The first-order valence-electron chi connectivity index (χ1n) is 9.97. The maximum atomic E-state index is 12.4. The molecule has 5 rings (SSSR count). The molecule has 3 aromatic rings. The van der Waals surface area contributed by atoms with Crippen LogP contribution in [0.5, 0.6) is 0 Å². The lowest BCUT2D eigenvalue weighted by Gasteiger charge is -2.39. The van der Waals surface area contributed by atoms with E-state index in [1.54, 1.807) is 0 Å². The van der Waals surface area contributed by atoms with Gasteiger partial charge in [-0.05, 0) is 24.3 Å². The average molecular weight is 375 g/mol. The van der Waals surface area contributed by atoms with E-state index in [2.05, 4.69) is 58.2 Å². The largest absolute Gasteiger partial charge is 0.368 e. The maximum Gasteiger partial charge on any atom is 0.228 e. The van der Waals surface area contributed by atoms with Crippen molar-refractivity contribution in [1.29, 1.82) is 0 Å². The van der Waals surface area contributed by atoms with Crippen LogP contribution in [0.3, 0.4) is 0 Å². The van der Waals surface area contributed by atoms with Crippen molar-refractivity contribution in [3.8, 4) is 11.4 Å². The molecule has 0 atom stereocenters. The van der Waals surface area contributed by atoms with E-state index < -0.39 is 0 Å². The van der Waals surface area contributed by atoms with Crippen LogP contribution in [0, 0.1) is 5.92 Å². The molecule has 0 saturated carbocycles. The Morgan fingerprint density at radius 2 is 1.82 bits per heavy atom. The Morgan fingerprint density at radius 1 is 1.04 bits per heavy atom. The molecule has 0 unspecified atom stereocenters. The molecule has 1 aromatic heterocycles. The van der Waals surface area contributed by atoms with Crippen LogP contribution >= 0.6 is 0 Å². The highest BCUT2D eigenvalue weighted by Crippen LogP contribution is 2.27. The van der Waals surface area contributed by atoms with Crippen LogP contribution in [0.15, 0.2) is 48.5 Å². The highest BCUT2D eigenvalue weighted by molar-refractivity contribution is 5.82. The summed E-state index contributed by atoms with van der Waals surface area (Å²) >= 11 is 0. The second kappa shape index (κ2) is 6.95. The van der Waals surface area contributed by atoms with Crippen LogP contribution < -0.4 is 10.2 Å². The first-order chi connectivity index (χ1) is 13.7. The van der Waals surface area contributed by atoms with Gasteiger partial charge in [0.1, 0.15) is 5.82 Å². The minimum Gasteiger partial charge on any atom is -0.368 e. The number of hydrogen-bond donors (Lipinski definition) is 1. The Balaban J connectivity index is 1.35. The van der Waals surface area contributed by atoms with Gasteiger partial charge in [-0.15, -0.1) is 0 Å². The molecule has 0 aliphatic carbocycles. The van der Waals surface area contributed by atoms with Crippen LogP contribution in [0.1, 0.15) is 0 Å². The summed E-state index contributed by atoms with van der Waals surface area (Å²) in [6.45, 7) is 5.01. The van der Waals surface area contributed by atoms with Crippen molar-refractivity contribution in [3.05, 3.63) is 48.5 Å². The van der Waals surface area contributed by atoms with Gasteiger partial charge in [-0.3, -0.25) is 4.79 Å². The Labute approximate surface area is 164 Å². The van der Waals surface area contributed by atoms with E-state index in [0.717, 1.165) is 61.7 Å². The van der Waals surface area contributed by atoms with Gasteiger partial charge in [0.25, 0.3) is 0 Å². The van der Waals surface area contributed by atoms with Crippen LogP contribution in [0.2, 0.25) is 0 Å². The third kappa shape index (κ3) is 2.94. The van der Waals surface area contributed by atoms with Gasteiger partial charge < -0.3 is 19.7 Å². The van der Waals surface area contributed by atoms with Gasteiger partial charge in [-0.1, -0.05) is 24.3 Å². The number of rotatable bonds is 3. The minimum absolute atomic E-state index is 0.187. The van der Waals surface area contributed by atoms with Crippen molar-refractivity contribution in [1.82, 2.24) is 19.8 Å². The molecular formula is C22H25N5O. The van der Waals surface area contributed by atoms with Gasteiger partial charge >= 0.3 is 0 Å². The summed E-state index contributed by atoms with van der Waals surface area (Å²) in [5.74, 6) is 1.48. The summed E-state index contributed by atoms with van der Waals surface area (Å²) in [4.78, 5) is 21.7. The molecule has 2 aliphatic heterocycles. The third-order valence-corrected chi connectivity index (χ3v) is 5.98. The van der Waals surface area contributed by atoms with Crippen molar-refractivity contribution in [2.75, 3.05) is 44.2 Å². The molecule has 2 aliphatic rings. The lowest BCUT2D eigenvalue weighted by molar-refractivity contribution is -0.137. The number of amides is 1. The fourth-order valence-electron chi connectivity index (χ4n) is 4.15. The zero-order valence-corrected chi connectivity index (χ0v) is 16.1. The van der Waals surface area contributed by atoms with E-state index in [4.69, 9.17) is 4.98 Å². The number of nitrogens with one attached hydrogen (secondary N) is 1. The summed E-state index contributed by atoms with van der Waals surface area (Å²) in [6, 6.07) is 16.8. The number of hydrogen-bond acceptors (Lipinski definition) is 4. The number of fused-ring (bicyclic) bond motifs is 1. The van der Waals surface area contributed by atoms with Gasteiger partial charge in [0.2, 0.25) is 5.91 Å². The highest BCUT2D eigenvalue weighted by Gasteiger charge is 2.31. The first-order valence-corrected chi connectivity index (χ1v) is 9.97. The monoisotopic (exact) mass is 375 g/mol. The predicted octanol–water partition coefficient (Wildman–Crippen LogP) is 2.11. The zero-order valence-electron chi connectivity index (χ0n) is 16.1. The average Bonchev–Trinajstić information content (AvgIpc) is 3.04. The quantitative estimate of drug-likeness (QED) is 0.762. The Kier molecular flexibility index (Phi) is 4.28. The molecule has 28 heavy (non-hydrogen) atoms. The van der Waals surface area contributed by atoms with Crippen molar-refractivity contribution < 1.29 is 4.79 Å². The molecule has 3 heterocycles. The van der Waals surface area contributed by atoms with Crippen LogP contribution in [-0.4, -0.2) is 59.6 Å². The third-order valence-electron chi connectivity index (χ3n) is 5.98. The fraction of sp³-hybridized carbons (Fsp3) is 0.364. The van der Waals surface area contributed by atoms with Gasteiger partial charge in [0.15, 0.2) is 0 Å². The van der Waals surface area contributed by atoms with Crippen LogP contribution in [-0.2, 0) is 11.8 Å². The lowest BCUT2D eigenvalue weighted by Crippen LogP contribution is -2.56. The number of aryl methyl sites for hydroxylation is 1. The SMILES string of the molecule is Cn1c(-c2cccc(N3CCN(C(=O)C4CNC4)CC3)c2)nc2ccccc21. The van der Waals surface area contributed by atoms with Crippen molar-refractivity contribution >= 4 is 22.6 Å². The Hall–Kier alpha value is -2.86. The van der Waals surface area contributed by atoms with E-state index in [1.807, 2.05) is 17.0 Å². The van der Waals surface area contributed by atoms with Crippen molar-refractivity contribution in [2.24, 2.45) is 13.0 Å². The summed E-state index contributed by atoms with van der Waals surface area (Å²) in [7, 11) is 2.07. The molecule has 144 valence electrons. The molecule has 0 bridgehead atoms. The van der Waals surface area contributed by atoms with E-state index in [0.29, 0.717) is 5.91 Å². The van der Waals surface area contributed by atoms with Crippen LogP contribution in [0.25, 0.3) is 22.4 Å². The molecule has 1 N–H and O–H groups in total. The molecule has 2 aromatic carbocycles. The second-order valence-electron chi connectivity index (χ2n) is 7.70. The Morgan fingerprint density at radius 3 is 2.54 bits per heavy atom. The number of benzene rings is 2. The molecular weight excluding hydrogens is 350 g/mol. The maximum absolute atomic E-state index is 12.4. The molecule has 0 radical (unpaired) electrons. The standard InChI is InChI=1S/C22H25N5O/c1-25-20-8-3-2-7-19(20)24-21(25)16-5-4-6-18(13-16)26-9-11-27(12-10-26)22(28)17-14-23-15-17/h2-8,13,17,23H,9-12,14-15H2,1H3. The summed E-state index contributed by atoms with van der Waals surface area (Å²) in [5, 5.41) is 3.19. The number of aromatic nitrogens is 2. The summed E-state index contributed by atoms with van der Waals surface area (Å²) < 4.78 is 2.15. The Bertz CT molecular complexity index is 1010. The number of para-hydroxylation sites is 2. The number of imidazole rings is 1. The van der Waals surface area contributed by atoms with Gasteiger partial charge in [0, 0.05) is 57.6 Å². The summed E-state index contributed by atoms with van der Waals surface area (Å²) in [5.41, 5.74) is 4.47. The molecule has 2 saturated heterocycles. The number of anilines is 1. The number of carbonyl (C=O) groups is 1. The molecule has 1 amide bonds. The fourth-order valence-corrected chi connectivity index (χ4v) is 4.15. The molecule has 0 spiro atoms. The molecule has 6 nitrogen and oxygen atoms in total. The normalized spacial score (nSPS) is 17.8. The van der Waals surface area contributed by atoms with Gasteiger partial charge in [-0.25, -0.2) is 4.98 Å².